The summed E-state index contributed by atoms with van der Waals surface area (Å²) in [5.41, 5.74) is 1.03. The molecule has 2 heterocycles. The molecule has 0 spiro atoms. The van der Waals surface area contributed by atoms with Crippen molar-refractivity contribution in [2.24, 2.45) is 0 Å². The van der Waals surface area contributed by atoms with Crippen LogP contribution in [-0.4, -0.2) is 18.4 Å². The first-order valence-electron chi connectivity index (χ1n) is 5.60. The molecule has 2 N–H and O–H groups in total. The van der Waals surface area contributed by atoms with Crippen molar-refractivity contribution in [2.45, 2.75) is 4.90 Å². The molecule has 0 saturated heterocycles. The van der Waals surface area contributed by atoms with E-state index in [4.69, 9.17) is 4.42 Å². The lowest BCUT2D eigenvalue weighted by Gasteiger charge is -2.07. The van der Waals surface area contributed by atoms with E-state index in [1.54, 1.807) is 0 Å². The van der Waals surface area contributed by atoms with Gasteiger partial charge in [0.05, 0.1) is 16.1 Å². The summed E-state index contributed by atoms with van der Waals surface area (Å²) in [4.78, 5) is 17.3. The summed E-state index contributed by atoms with van der Waals surface area (Å²) in [6.45, 7) is 0. The van der Waals surface area contributed by atoms with E-state index in [1.807, 2.05) is 0 Å². The number of rotatable bonds is 3. The number of fused-ring (bicyclic) bond motifs is 1. The number of nitrogens with zero attached hydrogens (tertiary/aromatic N) is 1. The minimum atomic E-state index is -3.74. The lowest BCUT2D eigenvalue weighted by molar-refractivity contribution is 0.555. The van der Waals surface area contributed by atoms with E-state index in [2.05, 4.69) is 14.7 Å². The Hall–Kier alpha value is -2.61. The van der Waals surface area contributed by atoms with Crippen LogP contribution in [0.15, 0.2) is 56.8 Å². The lowest BCUT2D eigenvalue weighted by Crippen LogP contribution is -2.12. The second kappa shape index (κ2) is 4.49. The summed E-state index contributed by atoms with van der Waals surface area (Å²) in [7, 11) is -3.74. The first-order valence-corrected chi connectivity index (χ1v) is 7.09. The van der Waals surface area contributed by atoms with Gasteiger partial charge in [-0.15, -0.1) is 0 Å². The van der Waals surface area contributed by atoms with Gasteiger partial charge in [0.2, 0.25) is 0 Å². The molecule has 0 bridgehead atoms. The van der Waals surface area contributed by atoms with Crippen molar-refractivity contribution in [3.05, 3.63) is 53.3 Å². The van der Waals surface area contributed by atoms with Gasteiger partial charge >= 0.3 is 5.76 Å². The fourth-order valence-electron chi connectivity index (χ4n) is 1.73. The van der Waals surface area contributed by atoms with Crippen LogP contribution in [0.4, 0.5) is 5.69 Å². The highest BCUT2D eigenvalue weighted by Crippen LogP contribution is 2.19. The molecule has 0 unspecified atom stereocenters. The van der Waals surface area contributed by atoms with Crippen molar-refractivity contribution in [1.29, 1.82) is 0 Å². The summed E-state index contributed by atoms with van der Waals surface area (Å²) in [6, 6.07) is 7.20. The lowest BCUT2D eigenvalue weighted by atomic mass is 10.3. The number of benzene rings is 1. The Bertz CT molecular complexity index is 913. The molecular weight excluding hydrogens is 282 g/mol. The van der Waals surface area contributed by atoms with Crippen molar-refractivity contribution >= 4 is 26.8 Å². The third-order valence-electron chi connectivity index (χ3n) is 2.63. The van der Waals surface area contributed by atoms with Gasteiger partial charge in [0, 0.05) is 12.4 Å². The summed E-state index contributed by atoms with van der Waals surface area (Å²) in [5, 5.41) is 0. The summed E-state index contributed by atoms with van der Waals surface area (Å²) in [5.74, 6) is -0.628. The number of anilines is 1. The maximum atomic E-state index is 12.2. The van der Waals surface area contributed by atoms with E-state index in [9.17, 15) is 13.2 Å². The number of aromatic nitrogens is 2. The number of sulfonamides is 1. The van der Waals surface area contributed by atoms with Crippen LogP contribution in [0.25, 0.3) is 11.1 Å². The molecular formula is C12H9N3O4S. The highest BCUT2D eigenvalue weighted by atomic mass is 32.2. The van der Waals surface area contributed by atoms with Gasteiger partial charge in [-0.25, -0.2) is 13.2 Å². The molecule has 0 atom stereocenters. The molecule has 0 amide bonds. The van der Waals surface area contributed by atoms with Gasteiger partial charge in [-0.05, 0) is 30.3 Å². The number of hydrogen-bond acceptors (Lipinski definition) is 5. The molecule has 0 aliphatic heterocycles. The van der Waals surface area contributed by atoms with Gasteiger partial charge in [-0.2, -0.15) is 0 Å². The molecule has 0 fully saturated rings. The van der Waals surface area contributed by atoms with E-state index in [1.165, 1.54) is 42.7 Å². The fourth-order valence-corrected chi connectivity index (χ4v) is 2.82. The van der Waals surface area contributed by atoms with Crippen molar-refractivity contribution in [3.63, 3.8) is 0 Å². The van der Waals surface area contributed by atoms with Gasteiger partial charge in [-0.3, -0.25) is 14.7 Å². The van der Waals surface area contributed by atoms with E-state index in [-0.39, 0.29) is 4.90 Å². The smallest absolute Gasteiger partial charge is 0.408 e. The van der Waals surface area contributed by atoms with Crippen LogP contribution in [0.3, 0.4) is 0 Å². The highest BCUT2D eigenvalue weighted by molar-refractivity contribution is 7.92. The van der Waals surface area contributed by atoms with Crippen LogP contribution in [0.2, 0.25) is 0 Å². The predicted octanol–water partition coefficient (Wildman–Crippen LogP) is 1.32. The van der Waals surface area contributed by atoms with Crippen LogP contribution < -0.4 is 10.5 Å². The Morgan fingerprint density at radius 3 is 2.65 bits per heavy atom. The molecule has 102 valence electrons. The molecule has 7 nitrogen and oxygen atoms in total. The Balaban J connectivity index is 2.02. The zero-order valence-corrected chi connectivity index (χ0v) is 10.8. The number of aromatic amines is 1. The second-order valence-corrected chi connectivity index (χ2v) is 5.70. The van der Waals surface area contributed by atoms with E-state index in [0.29, 0.717) is 16.8 Å². The average molecular weight is 291 g/mol. The number of hydrogen-bond donors (Lipinski definition) is 2. The Kier molecular flexibility index (Phi) is 2.79. The average Bonchev–Trinajstić information content (AvgIpc) is 2.78. The third-order valence-corrected chi connectivity index (χ3v) is 4.01. The molecule has 20 heavy (non-hydrogen) atoms. The Morgan fingerprint density at radius 2 is 1.90 bits per heavy atom. The normalized spacial score (nSPS) is 11.6. The number of nitrogens with one attached hydrogen (secondary N) is 2. The van der Waals surface area contributed by atoms with Crippen LogP contribution in [-0.2, 0) is 10.0 Å². The van der Waals surface area contributed by atoms with Gasteiger partial charge in [-0.1, -0.05) is 0 Å². The summed E-state index contributed by atoms with van der Waals surface area (Å²) in [6.07, 6.45) is 2.96. The minimum absolute atomic E-state index is 0.0267. The molecule has 2 aromatic heterocycles. The van der Waals surface area contributed by atoms with Crippen LogP contribution >= 0.6 is 0 Å². The molecule has 0 saturated carbocycles. The molecule has 0 aliphatic carbocycles. The molecule has 3 aromatic rings. The van der Waals surface area contributed by atoms with Gasteiger partial charge in [0.15, 0.2) is 5.58 Å². The summed E-state index contributed by atoms with van der Waals surface area (Å²) < 4.78 is 31.6. The van der Waals surface area contributed by atoms with Crippen molar-refractivity contribution < 1.29 is 12.8 Å². The first-order chi connectivity index (χ1) is 9.54. The van der Waals surface area contributed by atoms with Crippen molar-refractivity contribution in [1.82, 2.24) is 9.97 Å². The second-order valence-electron chi connectivity index (χ2n) is 4.01. The van der Waals surface area contributed by atoms with Gasteiger partial charge < -0.3 is 4.42 Å². The maximum absolute atomic E-state index is 12.2. The highest BCUT2D eigenvalue weighted by Gasteiger charge is 2.15. The third kappa shape index (κ3) is 2.28. The molecule has 0 radical (unpaired) electrons. The maximum Gasteiger partial charge on any atom is 0.417 e. The fraction of sp³-hybridized carbons (Fsp3) is 0. The first kappa shape index (κ1) is 12.4. The quantitative estimate of drug-likeness (QED) is 0.757. The van der Waals surface area contributed by atoms with Crippen molar-refractivity contribution in [3.8, 4) is 0 Å². The van der Waals surface area contributed by atoms with Gasteiger partial charge in [0.25, 0.3) is 10.0 Å². The SMILES string of the molecule is O=c1[nH]c2cc(S(=O)(=O)Nc3ccncc3)ccc2o1. The van der Waals surface area contributed by atoms with E-state index >= 15 is 0 Å². The largest absolute Gasteiger partial charge is 0.417 e. The van der Waals surface area contributed by atoms with Crippen molar-refractivity contribution in [2.75, 3.05) is 4.72 Å². The Labute approximate surface area is 113 Å². The molecule has 1 aromatic carbocycles. The van der Waals surface area contributed by atoms with Gasteiger partial charge in [0.1, 0.15) is 0 Å². The number of pyridine rings is 1. The van der Waals surface area contributed by atoms with E-state index in [0.717, 1.165) is 0 Å². The predicted molar refractivity (Wildman–Crippen MR) is 71.9 cm³/mol. The summed E-state index contributed by atoms with van der Waals surface area (Å²) >= 11 is 0. The van der Waals surface area contributed by atoms with Crippen LogP contribution in [0, 0.1) is 0 Å². The molecule has 3 rings (SSSR count). The topological polar surface area (TPSA) is 105 Å². The zero-order chi connectivity index (χ0) is 14.2. The number of oxazole rings is 1. The molecule has 0 aliphatic rings. The van der Waals surface area contributed by atoms with Crippen LogP contribution in [0.1, 0.15) is 0 Å². The zero-order valence-electron chi connectivity index (χ0n) is 10.0. The monoisotopic (exact) mass is 291 g/mol. The number of H-pyrrole nitrogens is 1. The standard InChI is InChI=1S/C12H9N3O4S/c16-12-14-10-7-9(1-2-11(10)19-12)20(17,18)15-8-3-5-13-6-4-8/h1-7H,(H,13,15)(H,14,16). The van der Waals surface area contributed by atoms with Crippen LogP contribution in [0.5, 0.6) is 0 Å². The minimum Gasteiger partial charge on any atom is -0.408 e. The molecule has 8 heteroatoms. The Morgan fingerprint density at radius 1 is 1.15 bits per heavy atom. The van der Waals surface area contributed by atoms with E-state index < -0.39 is 15.8 Å².